The number of likely N-dealkylation sites (tertiary alicyclic amines) is 1. The van der Waals surface area contributed by atoms with Gasteiger partial charge in [-0.25, -0.2) is 4.98 Å². The van der Waals surface area contributed by atoms with Gasteiger partial charge in [0.05, 0.1) is 18.8 Å². The van der Waals surface area contributed by atoms with Crippen molar-refractivity contribution in [2.24, 2.45) is 0 Å². The van der Waals surface area contributed by atoms with Gasteiger partial charge in [-0.15, -0.1) is 0 Å². The number of hydrogen-bond acceptors (Lipinski definition) is 3. The summed E-state index contributed by atoms with van der Waals surface area (Å²) in [6.45, 7) is 5.58. The standard InChI is InChI=1S/C19H23N5O/c1-14-10-20-22(11-14)12-16-7-3-4-9-23(16)19(25)17-13-24-15(2)6-5-8-18(24)21-17/h5-6,8,10-11,13,16H,3-4,7,9,12H2,1-2H3/t16-/m0/s1. The first-order valence-corrected chi connectivity index (χ1v) is 8.86. The van der Waals surface area contributed by atoms with Crippen molar-refractivity contribution in [3.05, 3.63) is 53.7 Å². The quantitative estimate of drug-likeness (QED) is 0.738. The van der Waals surface area contributed by atoms with Crippen molar-refractivity contribution in [2.75, 3.05) is 6.54 Å². The van der Waals surface area contributed by atoms with E-state index in [0.717, 1.165) is 49.3 Å². The van der Waals surface area contributed by atoms with Gasteiger partial charge < -0.3 is 9.30 Å². The second-order valence-corrected chi connectivity index (χ2v) is 6.91. The van der Waals surface area contributed by atoms with E-state index in [1.165, 1.54) is 0 Å². The number of imidazole rings is 1. The monoisotopic (exact) mass is 337 g/mol. The average Bonchev–Trinajstić information content (AvgIpc) is 3.22. The molecule has 0 aliphatic carbocycles. The summed E-state index contributed by atoms with van der Waals surface area (Å²) in [4.78, 5) is 19.6. The lowest BCUT2D eigenvalue weighted by Gasteiger charge is -2.35. The third-order valence-electron chi connectivity index (χ3n) is 4.96. The molecule has 3 aromatic rings. The van der Waals surface area contributed by atoms with Gasteiger partial charge in [0, 0.05) is 24.6 Å². The summed E-state index contributed by atoms with van der Waals surface area (Å²) >= 11 is 0. The number of carbonyl (C=O) groups excluding carboxylic acids is 1. The lowest BCUT2D eigenvalue weighted by Crippen LogP contribution is -2.46. The van der Waals surface area contributed by atoms with Crippen LogP contribution in [0.15, 0.2) is 36.8 Å². The molecule has 4 rings (SSSR count). The van der Waals surface area contributed by atoms with E-state index in [0.29, 0.717) is 5.69 Å². The Kier molecular flexibility index (Phi) is 4.03. The molecule has 1 fully saturated rings. The molecule has 0 aromatic carbocycles. The fraction of sp³-hybridized carbons (Fsp3) is 0.421. The van der Waals surface area contributed by atoms with Gasteiger partial charge in [-0.2, -0.15) is 5.10 Å². The van der Waals surface area contributed by atoms with Crippen LogP contribution in [0.4, 0.5) is 0 Å². The number of piperidine rings is 1. The van der Waals surface area contributed by atoms with Crippen LogP contribution in [0.1, 0.15) is 41.0 Å². The molecule has 130 valence electrons. The molecule has 6 heteroatoms. The molecule has 0 saturated carbocycles. The zero-order valence-electron chi connectivity index (χ0n) is 14.7. The van der Waals surface area contributed by atoms with Crippen molar-refractivity contribution in [2.45, 2.75) is 45.7 Å². The number of rotatable bonds is 3. The highest BCUT2D eigenvalue weighted by molar-refractivity contribution is 5.93. The molecule has 6 nitrogen and oxygen atoms in total. The van der Waals surface area contributed by atoms with Crippen LogP contribution in [0.5, 0.6) is 0 Å². The summed E-state index contributed by atoms with van der Waals surface area (Å²) in [6.07, 6.45) is 8.96. The highest BCUT2D eigenvalue weighted by atomic mass is 16.2. The SMILES string of the molecule is Cc1cnn(C[C@@H]2CCCCN2C(=O)c2cn3c(C)cccc3n2)c1. The molecular formula is C19H23N5O. The van der Waals surface area contributed by atoms with E-state index >= 15 is 0 Å². The molecule has 0 radical (unpaired) electrons. The van der Waals surface area contributed by atoms with E-state index < -0.39 is 0 Å². The summed E-state index contributed by atoms with van der Waals surface area (Å²) in [6, 6.07) is 6.10. The van der Waals surface area contributed by atoms with E-state index in [2.05, 4.69) is 10.1 Å². The predicted molar refractivity (Wildman–Crippen MR) is 95.6 cm³/mol. The van der Waals surface area contributed by atoms with Gasteiger partial charge in [0.1, 0.15) is 11.3 Å². The largest absolute Gasteiger partial charge is 0.332 e. The number of hydrogen-bond donors (Lipinski definition) is 0. The van der Waals surface area contributed by atoms with Crippen LogP contribution in [0.25, 0.3) is 5.65 Å². The average molecular weight is 337 g/mol. The number of aryl methyl sites for hydroxylation is 2. The normalized spacial score (nSPS) is 18.0. The van der Waals surface area contributed by atoms with Crippen LogP contribution in [0, 0.1) is 13.8 Å². The van der Waals surface area contributed by atoms with Crippen LogP contribution in [-0.2, 0) is 6.54 Å². The van der Waals surface area contributed by atoms with Crippen LogP contribution in [-0.4, -0.2) is 42.6 Å². The van der Waals surface area contributed by atoms with Crippen LogP contribution >= 0.6 is 0 Å². The Morgan fingerprint density at radius 2 is 2.12 bits per heavy atom. The molecule has 1 atom stereocenters. The predicted octanol–water partition coefficient (Wildman–Crippen LogP) is 2.84. The molecule has 0 unspecified atom stereocenters. The molecule has 4 heterocycles. The third kappa shape index (κ3) is 3.04. The molecule has 0 spiro atoms. The molecule has 0 bridgehead atoms. The molecule has 25 heavy (non-hydrogen) atoms. The minimum absolute atomic E-state index is 0.0247. The topological polar surface area (TPSA) is 55.4 Å². The minimum Gasteiger partial charge on any atom is -0.332 e. The van der Waals surface area contributed by atoms with Gasteiger partial charge in [-0.3, -0.25) is 9.48 Å². The van der Waals surface area contributed by atoms with Gasteiger partial charge in [0.15, 0.2) is 0 Å². The fourth-order valence-corrected chi connectivity index (χ4v) is 3.64. The highest BCUT2D eigenvalue weighted by Crippen LogP contribution is 2.21. The third-order valence-corrected chi connectivity index (χ3v) is 4.96. The number of aromatic nitrogens is 4. The van der Waals surface area contributed by atoms with Crippen molar-refractivity contribution in [3.8, 4) is 0 Å². The second kappa shape index (κ2) is 6.35. The number of nitrogens with zero attached hydrogens (tertiary/aromatic N) is 5. The van der Waals surface area contributed by atoms with Crippen LogP contribution < -0.4 is 0 Å². The Morgan fingerprint density at radius 1 is 1.24 bits per heavy atom. The molecule has 1 saturated heterocycles. The lowest BCUT2D eigenvalue weighted by atomic mass is 10.0. The molecule has 1 amide bonds. The van der Waals surface area contributed by atoms with Crippen molar-refractivity contribution < 1.29 is 4.79 Å². The maximum absolute atomic E-state index is 13.1. The smallest absolute Gasteiger partial charge is 0.274 e. The lowest BCUT2D eigenvalue weighted by molar-refractivity contribution is 0.0578. The first kappa shape index (κ1) is 15.9. The van der Waals surface area contributed by atoms with Gasteiger partial charge in [0.2, 0.25) is 0 Å². The first-order chi connectivity index (χ1) is 12.1. The Hall–Kier alpha value is -2.63. The Labute approximate surface area is 147 Å². The van der Waals surface area contributed by atoms with Crippen molar-refractivity contribution >= 4 is 11.6 Å². The fourth-order valence-electron chi connectivity index (χ4n) is 3.64. The highest BCUT2D eigenvalue weighted by Gasteiger charge is 2.29. The maximum Gasteiger partial charge on any atom is 0.274 e. The minimum atomic E-state index is 0.0247. The van der Waals surface area contributed by atoms with Crippen LogP contribution in [0.2, 0.25) is 0 Å². The van der Waals surface area contributed by atoms with Gasteiger partial charge in [-0.1, -0.05) is 6.07 Å². The number of amides is 1. The first-order valence-electron chi connectivity index (χ1n) is 8.86. The Morgan fingerprint density at radius 3 is 2.88 bits per heavy atom. The summed E-state index contributed by atoms with van der Waals surface area (Å²) in [5.41, 5.74) is 3.56. The molecule has 1 aliphatic rings. The van der Waals surface area contributed by atoms with Crippen molar-refractivity contribution in [1.82, 2.24) is 24.1 Å². The van der Waals surface area contributed by atoms with Crippen molar-refractivity contribution in [3.63, 3.8) is 0 Å². The molecule has 3 aromatic heterocycles. The zero-order valence-corrected chi connectivity index (χ0v) is 14.7. The van der Waals surface area contributed by atoms with E-state index in [1.807, 2.05) is 64.6 Å². The number of fused-ring (bicyclic) bond motifs is 1. The van der Waals surface area contributed by atoms with E-state index in [4.69, 9.17) is 0 Å². The summed E-state index contributed by atoms with van der Waals surface area (Å²) < 4.78 is 3.92. The summed E-state index contributed by atoms with van der Waals surface area (Å²) in [5, 5.41) is 4.38. The molecular weight excluding hydrogens is 314 g/mol. The van der Waals surface area contributed by atoms with E-state index in [9.17, 15) is 4.79 Å². The van der Waals surface area contributed by atoms with Crippen LogP contribution in [0.3, 0.4) is 0 Å². The maximum atomic E-state index is 13.1. The van der Waals surface area contributed by atoms with Gasteiger partial charge >= 0.3 is 0 Å². The Balaban J connectivity index is 1.60. The zero-order chi connectivity index (χ0) is 17.4. The second-order valence-electron chi connectivity index (χ2n) is 6.91. The summed E-state index contributed by atoms with van der Waals surface area (Å²) in [7, 11) is 0. The number of carbonyl (C=O) groups is 1. The van der Waals surface area contributed by atoms with E-state index in [-0.39, 0.29) is 11.9 Å². The Bertz CT molecular complexity index is 910. The van der Waals surface area contributed by atoms with E-state index in [1.54, 1.807) is 0 Å². The number of pyridine rings is 1. The molecule has 0 N–H and O–H groups in total. The van der Waals surface area contributed by atoms with Gasteiger partial charge in [-0.05, 0) is 50.8 Å². The van der Waals surface area contributed by atoms with Gasteiger partial charge in [0.25, 0.3) is 5.91 Å². The molecule has 1 aliphatic heterocycles. The van der Waals surface area contributed by atoms with Crippen molar-refractivity contribution in [1.29, 1.82) is 0 Å². The summed E-state index contributed by atoms with van der Waals surface area (Å²) in [5.74, 6) is 0.0247.